The van der Waals surface area contributed by atoms with Crippen molar-refractivity contribution < 1.29 is 14.7 Å². The van der Waals surface area contributed by atoms with Gasteiger partial charge >= 0.3 is 12.0 Å². The van der Waals surface area contributed by atoms with Gasteiger partial charge in [0.25, 0.3) is 0 Å². The SMILES string of the molecule is O=C(O)C1c2ccsc2CCN1C(=O)NC1CC=CCC1. The number of carbonyl (C=O) groups is 2. The highest BCUT2D eigenvalue weighted by molar-refractivity contribution is 7.10. The van der Waals surface area contributed by atoms with Gasteiger partial charge in [-0.3, -0.25) is 0 Å². The van der Waals surface area contributed by atoms with E-state index in [9.17, 15) is 14.7 Å². The third-order valence-corrected chi connectivity index (χ3v) is 5.05. The summed E-state index contributed by atoms with van der Waals surface area (Å²) in [5.74, 6) is -0.965. The Kier molecular flexibility index (Phi) is 3.96. The predicted octanol–water partition coefficient (Wildman–Crippen LogP) is 2.55. The van der Waals surface area contributed by atoms with Gasteiger partial charge in [0, 0.05) is 17.5 Å². The molecular formula is C15H18N2O3S. The minimum Gasteiger partial charge on any atom is -0.479 e. The van der Waals surface area contributed by atoms with Gasteiger partial charge in [-0.2, -0.15) is 0 Å². The van der Waals surface area contributed by atoms with E-state index in [2.05, 4.69) is 17.5 Å². The molecule has 1 aliphatic carbocycles. The van der Waals surface area contributed by atoms with Crippen molar-refractivity contribution in [3.63, 3.8) is 0 Å². The van der Waals surface area contributed by atoms with Crippen LogP contribution in [0.15, 0.2) is 23.6 Å². The summed E-state index contributed by atoms with van der Waals surface area (Å²) < 4.78 is 0. The van der Waals surface area contributed by atoms with Gasteiger partial charge in [0.05, 0.1) is 0 Å². The molecule has 0 bridgehead atoms. The van der Waals surface area contributed by atoms with E-state index in [1.54, 1.807) is 11.3 Å². The van der Waals surface area contributed by atoms with Gasteiger partial charge in [0.1, 0.15) is 0 Å². The number of carbonyl (C=O) groups excluding carboxylic acids is 1. The van der Waals surface area contributed by atoms with E-state index in [-0.39, 0.29) is 12.1 Å². The highest BCUT2D eigenvalue weighted by Gasteiger charge is 2.37. The van der Waals surface area contributed by atoms with E-state index in [1.165, 1.54) is 4.90 Å². The number of hydrogen-bond acceptors (Lipinski definition) is 3. The highest BCUT2D eigenvalue weighted by Crippen LogP contribution is 2.33. The Bertz CT molecular complexity index is 581. The minimum absolute atomic E-state index is 0.112. The lowest BCUT2D eigenvalue weighted by atomic mass is 10.00. The molecule has 1 aliphatic heterocycles. The first-order valence-corrected chi connectivity index (χ1v) is 8.06. The van der Waals surface area contributed by atoms with Crippen molar-refractivity contribution in [2.24, 2.45) is 0 Å². The van der Waals surface area contributed by atoms with Crippen LogP contribution in [0.1, 0.15) is 35.7 Å². The molecule has 1 aromatic rings. The van der Waals surface area contributed by atoms with Crippen LogP contribution in [0, 0.1) is 0 Å². The molecule has 21 heavy (non-hydrogen) atoms. The van der Waals surface area contributed by atoms with E-state index in [0.717, 1.165) is 36.1 Å². The summed E-state index contributed by atoms with van der Waals surface area (Å²) in [7, 11) is 0. The summed E-state index contributed by atoms with van der Waals surface area (Å²) in [6, 6.07) is 0.807. The van der Waals surface area contributed by atoms with Crippen LogP contribution in [0.3, 0.4) is 0 Å². The molecule has 3 rings (SSSR count). The maximum atomic E-state index is 12.4. The van der Waals surface area contributed by atoms with Crippen LogP contribution in [-0.2, 0) is 11.2 Å². The van der Waals surface area contributed by atoms with Crippen LogP contribution in [0.25, 0.3) is 0 Å². The van der Waals surface area contributed by atoms with Crippen LogP contribution in [-0.4, -0.2) is 34.6 Å². The Balaban J connectivity index is 1.76. The first kappa shape index (κ1) is 14.1. The molecule has 2 atom stereocenters. The van der Waals surface area contributed by atoms with Crippen molar-refractivity contribution in [1.82, 2.24) is 10.2 Å². The zero-order chi connectivity index (χ0) is 14.8. The molecule has 0 radical (unpaired) electrons. The quantitative estimate of drug-likeness (QED) is 0.825. The molecule has 112 valence electrons. The molecule has 2 heterocycles. The zero-order valence-electron chi connectivity index (χ0n) is 11.6. The summed E-state index contributed by atoms with van der Waals surface area (Å²) in [6.45, 7) is 0.457. The Morgan fingerprint density at radius 2 is 2.24 bits per heavy atom. The van der Waals surface area contributed by atoms with Crippen LogP contribution in [0.5, 0.6) is 0 Å². The number of urea groups is 1. The number of nitrogens with one attached hydrogen (secondary N) is 1. The van der Waals surface area contributed by atoms with Crippen molar-refractivity contribution in [3.8, 4) is 0 Å². The highest BCUT2D eigenvalue weighted by atomic mass is 32.1. The first-order valence-electron chi connectivity index (χ1n) is 7.18. The largest absolute Gasteiger partial charge is 0.479 e. The molecule has 5 nitrogen and oxygen atoms in total. The molecular weight excluding hydrogens is 288 g/mol. The zero-order valence-corrected chi connectivity index (χ0v) is 12.4. The van der Waals surface area contributed by atoms with Crippen molar-refractivity contribution in [1.29, 1.82) is 0 Å². The van der Waals surface area contributed by atoms with Gasteiger partial charge < -0.3 is 15.3 Å². The monoisotopic (exact) mass is 306 g/mol. The van der Waals surface area contributed by atoms with Crippen LogP contribution < -0.4 is 5.32 Å². The second-order valence-electron chi connectivity index (χ2n) is 5.41. The number of thiophene rings is 1. The smallest absolute Gasteiger partial charge is 0.331 e. The maximum absolute atomic E-state index is 12.4. The molecule has 0 spiro atoms. The summed E-state index contributed by atoms with van der Waals surface area (Å²) in [5.41, 5.74) is 0.762. The third kappa shape index (κ3) is 2.81. The van der Waals surface area contributed by atoms with E-state index in [1.807, 2.05) is 11.4 Å². The lowest BCUT2D eigenvalue weighted by molar-refractivity contribution is -0.142. The predicted molar refractivity (Wildman–Crippen MR) is 80.4 cm³/mol. The molecule has 0 fully saturated rings. The second-order valence-corrected chi connectivity index (χ2v) is 6.41. The lowest BCUT2D eigenvalue weighted by Crippen LogP contribution is -2.50. The fourth-order valence-corrected chi connectivity index (χ4v) is 3.89. The van der Waals surface area contributed by atoms with Gasteiger partial charge in [-0.05, 0) is 42.7 Å². The van der Waals surface area contributed by atoms with Gasteiger partial charge in [-0.25, -0.2) is 9.59 Å². The van der Waals surface area contributed by atoms with Crippen molar-refractivity contribution >= 4 is 23.3 Å². The van der Waals surface area contributed by atoms with E-state index in [0.29, 0.717) is 6.54 Å². The fourth-order valence-electron chi connectivity index (χ4n) is 2.98. The third-order valence-electron chi connectivity index (χ3n) is 4.06. The van der Waals surface area contributed by atoms with Gasteiger partial charge in [-0.1, -0.05) is 12.2 Å². The fraction of sp³-hybridized carbons (Fsp3) is 0.467. The summed E-state index contributed by atoms with van der Waals surface area (Å²) >= 11 is 1.57. The van der Waals surface area contributed by atoms with Crippen LogP contribution in [0.4, 0.5) is 4.79 Å². The van der Waals surface area contributed by atoms with Gasteiger partial charge in [0.2, 0.25) is 0 Å². The Morgan fingerprint density at radius 3 is 2.95 bits per heavy atom. The molecule has 2 N–H and O–H groups in total. The molecule has 1 aromatic heterocycles. The first-order chi connectivity index (χ1) is 10.2. The van der Waals surface area contributed by atoms with E-state index >= 15 is 0 Å². The number of nitrogens with zero attached hydrogens (tertiary/aromatic N) is 1. The summed E-state index contributed by atoms with van der Waals surface area (Å²) in [6.07, 6.45) is 7.60. The second kappa shape index (κ2) is 5.89. The molecule has 2 aliphatic rings. The number of hydrogen-bond donors (Lipinski definition) is 2. The Labute approximate surface area is 127 Å². The molecule has 2 amide bonds. The standard InChI is InChI=1S/C15H18N2O3S/c18-14(19)13-11-7-9-21-12(11)6-8-17(13)15(20)16-10-4-2-1-3-5-10/h1-2,7,9-10,13H,3-6,8H2,(H,16,20)(H,18,19). The minimum atomic E-state index is -0.965. The van der Waals surface area contributed by atoms with Crippen molar-refractivity contribution in [3.05, 3.63) is 34.0 Å². The van der Waals surface area contributed by atoms with Gasteiger partial charge in [-0.15, -0.1) is 11.3 Å². The Hall–Kier alpha value is -1.82. The van der Waals surface area contributed by atoms with Crippen LogP contribution >= 0.6 is 11.3 Å². The lowest BCUT2D eigenvalue weighted by Gasteiger charge is -2.34. The number of carboxylic acids is 1. The Morgan fingerprint density at radius 1 is 1.38 bits per heavy atom. The number of amides is 2. The normalized spacial score (nSPS) is 24.5. The number of allylic oxidation sites excluding steroid dienone is 1. The molecule has 6 heteroatoms. The molecule has 2 unspecified atom stereocenters. The van der Waals surface area contributed by atoms with Crippen LogP contribution in [0.2, 0.25) is 0 Å². The topological polar surface area (TPSA) is 69.6 Å². The summed E-state index contributed by atoms with van der Waals surface area (Å²) in [4.78, 5) is 26.6. The maximum Gasteiger partial charge on any atom is 0.331 e. The summed E-state index contributed by atoms with van der Waals surface area (Å²) in [5, 5.41) is 14.4. The number of carboxylic acid groups (broad SMARTS) is 1. The molecule has 0 aromatic carbocycles. The van der Waals surface area contributed by atoms with Crippen molar-refractivity contribution in [2.45, 2.75) is 37.8 Å². The average molecular weight is 306 g/mol. The number of fused-ring (bicyclic) bond motifs is 1. The molecule has 0 saturated heterocycles. The van der Waals surface area contributed by atoms with E-state index < -0.39 is 12.0 Å². The van der Waals surface area contributed by atoms with Crippen molar-refractivity contribution in [2.75, 3.05) is 6.54 Å². The van der Waals surface area contributed by atoms with E-state index in [4.69, 9.17) is 0 Å². The average Bonchev–Trinajstić information content (AvgIpc) is 2.95. The van der Waals surface area contributed by atoms with Gasteiger partial charge in [0.15, 0.2) is 6.04 Å². The number of rotatable bonds is 2. The molecule has 0 saturated carbocycles. The number of aliphatic carboxylic acids is 1.